The Morgan fingerprint density at radius 2 is 1.42 bits per heavy atom. The lowest BCUT2D eigenvalue weighted by Gasteiger charge is -2.17. The second kappa shape index (κ2) is 7.40. The van der Waals surface area contributed by atoms with E-state index in [2.05, 4.69) is 10.6 Å². The van der Waals surface area contributed by atoms with Gasteiger partial charge in [-0.15, -0.1) is 0 Å². The highest BCUT2D eigenvalue weighted by atomic mass is 32.1. The van der Waals surface area contributed by atoms with Crippen molar-refractivity contribution in [1.29, 1.82) is 0 Å². The van der Waals surface area contributed by atoms with Gasteiger partial charge in [0.25, 0.3) is 0 Å². The van der Waals surface area contributed by atoms with Crippen molar-refractivity contribution in [3.05, 3.63) is 53.6 Å². The molecule has 3 nitrogen and oxygen atoms in total. The summed E-state index contributed by atoms with van der Waals surface area (Å²) in [6.07, 6.45) is -9.87. The predicted octanol–water partition coefficient (Wildman–Crippen LogP) is 5.54. The summed E-state index contributed by atoms with van der Waals surface area (Å²) in [5, 5.41) is 4.80. The van der Waals surface area contributed by atoms with Gasteiger partial charge >= 0.3 is 12.4 Å². The van der Waals surface area contributed by atoms with E-state index in [0.717, 1.165) is 0 Å². The Labute approximate surface area is 150 Å². The van der Waals surface area contributed by atoms with Crippen molar-refractivity contribution in [2.24, 2.45) is 0 Å². The zero-order valence-corrected chi connectivity index (χ0v) is 13.9. The van der Waals surface area contributed by atoms with Crippen LogP contribution in [0.5, 0.6) is 5.75 Å². The molecule has 0 aliphatic rings. The van der Waals surface area contributed by atoms with Crippen molar-refractivity contribution in [2.45, 2.75) is 12.4 Å². The third-order valence-electron chi connectivity index (χ3n) is 3.20. The minimum atomic E-state index is -4.94. The monoisotopic (exact) mass is 394 g/mol. The molecule has 0 heterocycles. The van der Waals surface area contributed by atoms with Crippen molar-refractivity contribution in [3.63, 3.8) is 0 Å². The van der Waals surface area contributed by atoms with Crippen LogP contribution in [0.3, 0.4) is 0 Å². The molecule has 0 unspecified atom stereocenters. The van der Waals surface area contributed by atoms with Crippen molar-refractivity contribution < 1.29 is 31.1 Å². The molecule has 2 aromatic carbocycles. The van der Waals surface area contributed by atoms with Crippen molar-refractivity contribution >= 4 is 28.7 Å². The lowest BCUT2D eigenvalue weighted by molar-refractivity contribution is -0.143. The van der Waals surface area contributed by atoms with Crippen LogP contribution < -0.4 is 15.4 Å². The summed E-state index contributed by atoms with van der Waals surface area (Å²) in [4.78, 5) is 0. The summed E-state index contributed by atoms with van der Waals surface area (Å²) >= 11 is 4.96. The summed E-state index contributed by atoms with van der Waals surface area (Å²) in [5.74, 6) is 0.400. The number of halogens is 6. The van der Waals surface area contributed by atoms with E-state index in [1.54, 1.807) is 24.3 Å². The average Bonchev–Trinajstić information content (AvgIpc) is 2.53. The lowest BCUT2D eigenvalue weighted by atomic mass is 10.1. The van der Waals surface area contributed by atoms with Gasteiger partial charge < -0.3 is 15.4 Å². The van der Waals surface area contributed by atoms with Gasteiger partial charge in [0.1, 0.15) is 5.75 Å². The largest absolute Gasteiger partial charge is 0.495 e. The SMILES string of the molecule is COc1ccccc1NC(=S)Nc1cc(C(F)(F)F)cc(C(F)(F)F)c1. The van der Waals surface area contributed by atoms with Crippen LogP contribution in [-0.2, 0) is 12.4 Å². The number of alkyl halides is 6. The Kier molecular flexibility index (Phi) is 5.65. The van der Waals surface area contributed by atoms with Crippen molar-refractivity contribution in [1.82, 2.24) is 0 Å². The number of methoxy groups -OCH3 is 1. The highest BCUT2D eigenvalue weighted by molar-refractivity contribution is 7.80. The third-order valence-corrected chi connectivity index (χ3v) is 3.40. The first-order valence-electron chi connectivity index (χ1n) is 7.01. The van der Waals surface area contributed by atoms with E-state index in [9.17, 15) is 26.3 Å². The smallest absolute Gasteiger partial charge is 0.416 e. The number of nitrogens with one attached hydrogen (secondary N) is 2. The van der Waals surface area contributed by atoms with Crippen molar-refractivity contribution in [3.8, 4) is 5.75 Å². The Balaban J connectivity index is 2.29. The number of para-hydroxylation sites is 2. The second-order valence-corrected chi connectivity index (χ2v) is 5.48. The van der Waals surface area contributed by atoms with E-state index in [4.69, 9.17) is 17.0 Å². The molecule has 10 heteroatoms. The van der Waals surface area contributed by atoms with Gasteiger partial charge in [0, 0.05) is 5.69 Å². The highest BCUT2D eigenvalue weighted by Crippen LogP contribution is 2.37. The zero-order valence-electron chi connectivity index (χ0n) is 13.1. The fourth-order valence-corrected chi connectivity index (χ4v) is 2.29. The summed E-state index contributed by atoms with van der Waals surface area (Å²) in [7, 11) is 1.40. The molecular formula is C16H12F6N2OS. The molecule has 0 amide bonds. The maximum atomic E-state index is 12.9. The Hall–Kier alpha value is -2.49. The lowest BCUT2D eigenvalue weighted by Crippen LogP contribution is -2.20. The molecule has 2 aromatic rings. The molecule has 0 aliphatic heterocycles. The number of hydrogen-bond donors (Lipinski definition) is 2. The molecule has 0 radical (unpaired) electrons. The molecule has 0 saturated heterocycles. The van der Waals surface area contributed by atoms with Gasteiger partial charge in [0.05, 0.1) is 23.9 Å². The zero-order chi connectivity index (χ0) is 19.5. The average molecular weight is 394 g/mol. The minimum absolute atomic E-state index is 0.0435. The van der Waals surface area contributed by atoms with Gasteiger partial charge in [-0.05, 0) is 42.5 Å². The van der Waals surface area contributed by atoms with Crippen LogP contribution in [0.2, 0.25) is 0 Å². The highest BCUT2D eigenvalue weighted by Gasteiger charge is 2.37. The molecule has 0 aromatic heterocycles. The summed E-state index contributed by atoms with van der Waals surface area (Å²) < 4.78 is 82.2. The number of thiocarbonyl (C=S) groups is 1. The number of ether oxygens (including phenoxy) is 1. The first-order chi connectivity index (χ1) is 12.0. The standard InChI is InChI=1S/C16H12F6N2OS/c1-25-13-5-3-2-4-12(13)24-14(26)23-11-7-9(15(17,18)19)6-10(8-11)16(20,21)22/h2-8H,1H3,(H2,23,24,26). The van der Waals surface area contributed by atoms with Crippen LogP contribution in [0.25, 0.3) is 0 Å². The van der Waals surface area contributed by atoms with Crippen molar-refractivity contribution in [2.75, 3.05) is 17.7 Å². The molecule has 0 atom stereocenters. The maximum Gasteiger partial charge on any atom is 0.416 e. The van der Waals surface area contributed by atoms with Crippen LogP contribution in [0.1, 0.15) is 11.1 Å². The second-order valence-electron chi connectivity index (χ2n) is 5.07. The van der Waals surface area contributed by atoms with Crippen LogP contribution in [0, 0.1) is 0 Å². The van der Waals surface area contributed by atoms with Gasteiger partial charge in [-0.25, -0.2) is 0 Å². The van der Waals surface area contributed by atoms with E-state index in [0.29, 0.717) is 23.6 Å². The first kappa shape index (κ1) is 19.8. The van der Waals surface area contributed by atoms with E-state index < -0.39 is 29.2 Å². The molecule has 2 rings (SSSR count). The molecule has 2 N–H and O–H groups in total. The van der Waals surface area contributed by atoms with Crippen LogP contribution in [-0.4, -0.2) is 12.2 Å². The van der Waals surface area contributed by atoms with Crippen LogP contribution >= 0.6 is 12.2 Å². The first-order valence-corrected chi connectivity index (χ1v) is 7.42. The van der Waals surface area contributed by atoms with Gasteiger partial charge in [-0.3, -0.25) is 0 Å². The molecule has 26 heavy (non-hydrogen) atoms. The minimum Gasteiger partial charge on any atom is -0.495 e. The number of hydrogen-bond acceptors (Lipinski definition) is 2. The Morgan fingerprint density at radius 3 is 1.92 bits per heavy atom. The van der Waals surface area contributed by atoms with Gasteiger partial charge in [0.2, 0.25) is 0 Å². The van der Waals surface area contributed by atoms with Crippen LogP contribution in [0.15, 0.2) is 42.5 Å². The summed E-state index contributed by atoms with van der Waals surface area (Å²) in [5.41, 5.74) is -2.92. The molecular weight excluding hydrogens is 382 g/mol. The molecule has 0 aliphatic carbocycles. The fourth-order valence-electron chi connectivity index (χ4n) is 2.06. The van der Waals surface area contributed by atoms with Gasteiger partial charge in [0.15, 0.2) is 5.11 Å². The summed E-state index contributed by atoms with van der Waals surface area (Å²) in [6, 6.07) is 7.66. The molecule has 0 saturated carbocycles. The van der Waals surface area contributed by atoms with Crippen LogP contribution in [0.4, 0.5) is 37.7 Å². The van der Waals surface area contributed by atoms with E-state index >= 15 is 0 Å². The third kappa shape index (κ3) is 5.01. The number of rotatable bonds is 3. The maximum absolute atomic E-state index is 12.9. The summed E-state index contributed by atoms with van der Waals surface area (Å²) in [6.45, 7) is 0. The normalized spacial score (nSPS) is 11.8. The van der Waals surface area contributed by atoms with Gasteiger partial charge in [-0.1, -0.05) is 12.1 Å². The van der Waals surface area contributed by atoms with E-state index in [1.165, 1.54) is 7.11 Å². The Bertz CT molecular complexity index is 772. The fraction of sp³-hybridized carbons (Fsp3) is 0.188. The molecule has 0 bridgehead atoms. The van der Waals surface area contributed by atoms with Gasteiger partial charge in [-0.2, -0.15) is 26.3 Å². The van der Waals surface area contributed by atoms with E-state index in [1.807, 2.05) is 0 Å². The predicted molar refractivity (Wildman–Crippen MR) is 89.3 cm³/mol. The molecule has 140 valence electrons. The number of benzene rings is 2. The Morgan fingerprint density at radius 1 is 0.885 bits per heavy atom. The number of anilines is 2. The molecule has 0 spiro atoms. The topological polar surface area (TPSA) is 33.3 Å². The quantitative estimate of drug-likeness (QED) is 0.529. The van der Waals surface area contributed by atoms with E-state index in [-0.39, 0.29) is 11.2 Å². The molecule has 0 fully saturated rings.